The van der Waals surface area contributed by atoms with Crippen molar-refractivity contribution in [2.45, 2.75) is 50.2 Å². The van der Waals surface area contributed by atoms with E-state index in [0.717, 1.165) is 0 Å². The molecule has 1 aromatic rings. The topological polar surface area (TPSA) is 26.3 Å². The second-order valence-corrected chi connectivity index (χ2v) is 6.17. The van der Waals surface area contributed by atoms with Crippen LogP contribution in [0.3, 0.4) is 0 Å². The van der Waals surface area contributed by atoms with Gasteiger partial charge in [0.05, 0.1) is 13.0 Å². The molecule has 0 aliphatic rings. The standard InChI is InChI=1S/C15H22O2S/c1-5-17-15(16)10-12(4)18-14-8-6-13(7-9-14)11(2)3/h6-9,11-12H,5,10H2,1-4H3. The van der Waals surface area contributed by atoms with Gasteiger partial charge in [0.2, 0.25) is 0 Å². The van der Waals surface area contributed by atoms with Crippen molar-refractivity contribution in [2.24, 2.45) is 0 Å². The molecule has 0 saturated heterocycles. The maximum absolute atomic E-state index is 11.4. The summed E-state index contributed by atoms with van der Waals surface area (Å²) in [5.74, 6) is 0.442. The predicted octanol–water partition coefficient (Wildman–Crippen LogP) is 4.24. The van der Waals surface area contributed by atoms with Gasteiger partial charge in [0.1, 0.15) is 0 Å². The second-order valence-electron chi connectivity index (χ2n) is 4.66. The number of ether oxygens (including phenoxy) is 1. The molecule has 3 heteroatoms. The van der Waals surface area contributed by atoms with E-state index in [-0.39, 0.29) is 11.2 Å². The van der Waals surface area contributed by atoms with Gasteiger partial charge < -0.3 is 4.74 Å². The summed E-state index contributed by atoms with van der Waals surface area (Å²) in [6.45, 7) is 8.72. The van der Waals surface area contributed by atoms with Crippen molar-refractivity contribution in [1.29, 1.82) is 0 Å². The Hall–Kier alpha value is -0.960. The van der Waals surface area contributed by atoms with Crippen LogP contribution in [-0.2, 0) is 9.53 Å². The lowest BCUT2D eigenvalue weighted by Crippen LogP contribution is -2.10. The van der Waals surface area contributed by atoms with E-state index in [4.69, 9.17) is 4.74 Å². The van der Waals surface area contributed by atoms with Crippen molar-refractivity contribution in [1.82, 2.24) is 0 Å². The van der Waals surface area contributed by atoms with Crippen molar-refractivity contribution in [3.8, 4) is 0 Å². The van der Waals surface area contributed by atoms with E-state index in [1.54, 1.807) is 11.8 Å². The second kappa shape index (κ2) is 7.47. The van der Waals surface area contributed by atoms with Crippen molar-refractivity contribution in [2.75, 3.05) is 6.61 Å². The van der Waals surface area contributed by atoms with Crippen LogP contribution in [0.2, 0.25) is 0 Å². The van der Waals surface area contributed by atoms with Gasteiger partial charge in [0.25, 0.3) is 0 Å². The number of hydrogen-bond donors (Lipinski definition) is 0. The number of carbonyl (C=O) groups is 1. The molecule has 1 unspecified atom stereocenters. The van der Waals surface area contributed by atoms with Gasteiger partial charge >= 0.3 is 5.97 Å². The van der Waals surface area contributed by atoms with Crippen LogP contribution < -0.4 is 0 Å². The van der Waals surface area contributed by atoms with E-state index >= 15 is 0 Å². The first-order valence-electron chi connectivity index (χ1n) is 6.45. The molecular weight excluding hydrogens is 244 g/mol. The quantitative estimate of drug-likeness (QED) is 0.569. The van der Waals surface area contributed by atoms with Gasteiger partial charge in [-0.2, -0.15) is 0 Å². The zero-order chi connectivity index (χ0) is 13.5. The zero-order valence-electron chi connectivity index (χ0n) is 11.6. The molecule has 0 fully saturated rings. The monoisotopic (exact) mass is 266 g/mol. The summed E-state index contributed by atoms with van der Waals surface area (Å²) in [4.78, 5) is 12.6. The molecule has 0 aliphatic carbocycles. The van der Waals surface area contributed by atoms with Gasteiger partial charge in [-0.3, -0.25) is 4.79 Å². The molecule has 0 heterocycles. The average Bonchev–Trinajstić information content (AvgIpc) is 2.29. The van der Waals surface area contributed by atoms with Crippen LogP contribution in [0.25, 0.3) is 0 Å². The van der Waals surface area contributed by atoms with Crippen molar-refractivity contribution in [3.63, 3.8) is 0 Å². The van der Waals surface area contributed by atoms with Gasteiger partial charge in [-0.25, -0.2) is 0 Å². The smallest absolute Gasteiger partial charge is 0.306 e. The third-order valence-corrected chi connectivity index (χ3v) is 3.76. The minimum absolute atomic E-state index is 0.115. The van der Waals surface area contributed by atoms with Crippen LogP contribution in [-0.4, -0.2) is 17.8 Å². The molecule has 0 amide bonds. The molecule has 1 atom stereocenters. The van der Waals surface area contributed by atoms with Crippen molar-refractivity contribution >= 4 is 17.7 Å². The summed E-state index contributed by atoms with van der Waals surface area (Å²) in [5.41, 5.74) is 1.34. The number of carbonyl (C=O) groups excluding carboxylic acids is 1. The minimum Gasteiger partial charge on any atom is -0.466 e. The van der Waals surface area contributed by atoms with Gasteiger partial charge in [-0.1, -0.05) is 32.9 Å². The molecule has 18 heavy (non-hydrogen) atoms. The SMILES string of the molecule is CCOC(=O)CC(C)Sc1ccc(C(C)C)cc1. The first kappa shape index (κ1) is 15.1. The van der Waals surface area contributed by atoms with E-state index in [1.807, 2.05) is 6.92 Å². The Balaban J connectivity index is 2.49. The highest BCUT2D eigenvalue weighted by molar-refractivity contribution is 8.00. The van der Waals surface area contributed by atoms with Crippen LogP contribution in [0.4, 0.5) is 0 Å². The molecule has 1 aromatic carbocycles. The lowest BCUT2D eigenvalue weighted by molar-refractivity contribution is -0.142. The Morgan fingerprint density at radius 1 is 1.22 bits per heavy atom. The number of esters is 1. The molecule has 0 saturated carbocycles. The van der Waals surface area contributed by atoms with Crippen LogP contribution >= 0.6 is 11.8 Å². The molecule has 1 rings (SSSR count). The molecule has 2 nitrogen and oxygen atoms in total. The molecule has 0 spiro atoms. The van der Waals surface area contributed by atoms with E-state index < -0.39 is 0 Å². The summed E-state index contributed by atoms with van der Waals surface area (Å²) in [5, 5.41) is 0.244. The summed E-state index contributed by atoms with van der Waals surface area (Å²) in [6.07, 6.45) is 0.463. The molecule has 0 bridgehead atoms. The molecular formula is C15H22O2S. The Morgan fingerprint density at radius 3 is 2.33 bits per heavy atom. The van der Waals surface area contributed by atoms with Crippen molar-refractivity contribution < 1.29 is 9.53 Å². The highest BCUT2D eigenvalue weighted by Crippen LogP contribution is 2.27. The fourth-order valence-electron chi connectivity index (χ4n) is 1.66. The Bertz CT molecular complexity index is 371. The number of hydrogen-bond acceptors (Lipinski definition) is 3. The summed E-state index contributed by atoms with van der Waals surface area (Å²) in [6, 6.07) is 8.57. The van der Waals surface area contributed by atoms with Gasteiger partial charge in [0.15, 0.2) is 0 Å². The highest BCUT2D eigenvalue weighted by atomic mass is 32.2. The normalized spacial score (nSPS) is 12.5. The fraction of sp³-hybridized carbons (Fsp3) is 0.533. The Morgan fingerprint density at radius 2 is 1.83 bits per heavy atom. The highest BCUT2D eigenvalue weighted by Gasteiger charge is 2.11. The van der Waals surface area contributed by atoms with E-state index in [0.29, 0.717) is 18.9 Å². The predicted molar refractivity (Wildman–Crippen MR) is 77.1 cm³/mol. The lowest BCUT2D eigenvalue weighted by Gasteiger charge is -2.11. The first-order chi connectivity index (χ1) is 8.52. The summed E-state index contributed by atoms with van der Waals surface area (Å²) >= 11 is 1.72. The lowest BCUT2D eigenvalue weighted by atomic mass is 10.0. The number of benzene rings is 1. The fourth-order valence-corrected chi connectivity index (χ4v) is 2.64. The maximum Gasteiger partial charge on any atom is 0.306 e. The third-order valence-electron chi connectivity index (χ3n) is 2.64. The molecule has 0 aliphatic heterocycles. The van der Waals surface area contributed by atoms with Crippen LogP contribution in [0.15, 0.2) is 29.2 Å². The van der Waals surface area contributed by atoms with Crippen LogP contribution in [0.5, 0.6) is 0 Å². The molecule has 0 N–H and O–H groups in total. The number of thioether (sulfide) groups is 1. The van der Waals surface area contributed by atoms with E-state index in [1.165, 1.54) is 10.5 Å². The molecule has 0 radical (unpaired) electrons. The van der Waals surface area contributed by atoms with Gasteiger partial charge in [0, 0.05) is 10.1 Å². The Kier molecular flexibility index (Phi) is 6.27. The third kappa shape index (κ3) is 5.13. The van der Waals surface area contributed by atoms with Gasteiger partial charge in [-0.05, 0) is 30.5 Å². The van der Waals surface area contributed by atoms with Crippen LogP contribution in [0, 0.1) is 0 Å². The van der Waals surface area contributed by atoms with Crippen molar-refractivity contribution in [3.05, 3.63) is 29.8 Å². The average molecular weight is 266 g/mol. The zero-order valence-corrected chi connectivity index (χ0v) is 12.4. The van der Waals surface area contributed by atoms with E-state index in [2.05, 4.69) is 45.0 Å². The largest absolute Gasteiger partial charge is 0.466 e. The molecule has 0 aromatic heterocycles. The molecule has 100 valence electrons. The van der Waals surface area contributed by atoms with Gasteiger partial charge in [-0.15, -0.1) is 11.8 Å². The summed E-state index contributed by atoms with van der Waals surface area (Å²) < 4.78 is 4.95. The maximum atomic E-state index is 11.4. The summed E-state index contributed by atoms with van der Waals surface area (Å²) in [7, 11) is 0. The van der Waals surface area contributed by atoms with Crippen LogP contribution in [0.1, 0.15) is 45.6 Å². The Labute approximate surface area is 114 Å². The number of rotatable bonds is 6. The first-order valence-corrected chi connectivity index (χ1v) is 7.33. The van der Waals surface area contributed by atoms with E-state index in [9.17, 15) is 4.79 Å². The minimum atomic E-state index is -0.115.